The summed E-state index contributed by atoms with van der Waals surface area (Å²) < 4.78 is 5.69. The lowest BCUT2D eigenvalue weighted by atomic mass is 10.00. The van der Waals surface area contributed by atoms with Crippen molar-refractivity contribution < 1.29 is 9.53 Å². The monoisotopic (exact) mass is 322 g/mol. The Labute approximate surface area is 142 Å². The van der Waals surface area contributed by atoms with Crippen molar-refractivity contribution in [3.05, 3.63) is 59.7 Å². The molecule has 4 heteroatoms. The van der Waals surface area contributed by atoms with Gasteiger partial charge in [0.25, 0.3) is 0 Å². The van der Waals surface area contributed by atoms with Crippen LogP contribution in [0.2, 0.25) is 0 Å². The first kappa shape index (κ1) is 15.2. The van der Waals surface area contributed by atoms with Gasteiger partial charge < -0.3 is 15.0 Å². The summed E-state index contributed by atoms with van der Waals surface area (Å²) in [5, 5.41) is 3.43. The van der Waals surface area contributed by atoms with E-state index in [4.69, 9.17) is 4.74 Å². The summed E-state index contributed by atoms with van der Waals surface area (Å²) in [5.41, 5.74) is 3.49. The van der Waals surface area contributed by atoms with E-state index in [0.717, 1.165) is 42.8 Å². The second kappa shape index (κ2) is 6.65. The summed E-state index contributed by atoms with van der Waals surface area (Å²) in [6.07, 6.45) is 2.98. The highest BCUT2D eigenvalue weighted by Crippen LogP contribution is 2.31. The second-order valence-electron chi connectivity index (χ2n) is 6.39. The summed E-state index contributed by atoms with van der Waals surface area (Å²) in [6.45, 7) is 1.85. The van der Waals surface area contributed by atoms with Gasteiger partial charge in [-0.05, 0) is 30.5 Å². The summed E-state index contributed by atoms with van der Waals surface area (Å²) >= 11 is 0. The Morgan fingerprint density at radius 3 is 2.96 bits per heavy atom. The molecule has 0 aliphatic carbocycles. The van der Waals surface area contributed by atoms with Crippen LogP contribution in [-0.4, -0.2) is 25.6 Å². The van der Waals surface area contributed by atoms with Crippen LogP contribution in [0.15, 0.2) is 48.5 Å². The fourth-order valence-corrected chi connectivity index (χ4v) is 3.65. The highest BCUT2D eigenvalue weighted by Gasteiger charge is 2.25. The van der Waals surface area contributed by atoms with Gasteiger partial charge in [-0.3, -0.25) is 4.79 Å². The number of nitrogens with zero attached hydrogens (tertiary/aromatic N) is 1. The number of hydrogen-bond donors (Lipinski definition) is 1. The number of hydrogen-bond acceptors (Lipinski definition) is 3. The molecule has 4 nitrogen and oxygen atoms in total. The van der Waals surface area contributed by atoms with E-state index >= 15 is 0 Å². The highest BCUT2D eigenvalue weighted by atomic mass is 16.5. The van der Waals surface area contributed by atoms with E-state index in [0.29, 0.717) is 13.2 Å². The number of aryl methyl sites for hydroxylation is 1. The fourth-order valence-electron chi connectivity index (χ4n) is 3.65. The predicted molar refractivity (Wildman–Crippen MR) is 94.4 cm³/mol. The molecule has 0 saturated heterocycles. The highest BCUT2D eigenvalue weighted by molar-refractivity contribution is 5.96. The second-order valence-corrected chi connectivity index (χ2v) is 6.39. The van der Waals surface area contributed by atoms with E-state index < -0.39 is 0 Å². The zero-order chi connectivity index (χ0) is 16.4. The normalized spacial score (nSPS) is 19.2. The lowest BCUT2D eigenvalue weighted by Crippen LogP contribution is -2.42. The number of ether oxygens (including phenoxy) is 1. The third-order valence-corrected chi connectivity index (χ3v) is 4.87. The quantitative estimate of drug-likeness (QED) is 0.944. The minimum absolute atomic E-state index is 0.145. The Morgan fingerprint density at radius 1 is 1.17 bits per heavy atom. The molecule has 124 valence electrons. The lowest BCUT2D eigenvalue weighted by Gasteiger charge is -2.31. The third kappa shape index (κ3) is 2.89. The Hall–Kier alpha value is -2.33. The molecule has 1 atom stereocenters. The SMILES string of the molecule is O=C(CNC1CCOc2ccccc21)N1CCCc2ccccc21. The summed E-state index contributed by atoms with van der Waals surface area (Å²) in [6, 6.07) is 16.5. The van der Waals surface area contributed by atoms with Crippen molar-refractivity contribution >= 4 is 11.6 Å². The molecule has 2 heterocycles. The molecule has 0 spiro atoms. The van der Waals surface area contributed by atoms with Crippen molar-refractivity contribution in [2.75, 3.05) is 24.6 Å². The minimum Gasteiger partial charge on any atom is -0.493 e. The Balaban J connectivity index is 1.45. The van der Waals surface area contributed by atoms with E-state index in [1.165, 1.54) is 5.56 Å². The zero-order valence-corrected chi connectivity index (χ0v) is 13.7. The molecule has 2 aliphatic heterocycles. The first-order chi connectivity index (χ1) is 11.8. The van der Waals surface area contributed by atoms with Crippen LogP contribution in [0, 0.1) is 0 Å². The van der Waals surface area contributed by atoms with Crippen LogP contribution in [0.1, 0.15) is 30.0 Å². The number of carbonyl (C=O) groups excluding carboxylic acids is 1. The van der Waals surface area contributed by atoms with Crippen molar-refractivity contribution in [1.29, 1.82) is 0 Å². The van der Waals surface area contributed by atoms with E-state index in [1.807, 2.05) is 35.2 Å². The number of carbonyl (C=O) groups is 1. The Morgan fingerprint density at radius 2 is 2.00 bits per heavy atom. The Bertz CT molecular complexity index is 744. The molecule has 0 radical (unpaired) electrons. The van der Waals surface area contributed by atoms with Gasteiger partial charge in [-0.25, -0.2) is 0 Å². The molecule has 4 rings (SSSR count). The largest absolute Gasteiger partial charge is 0.493 e. The molecule has 24 heavy (non-hydrogen) atoms. The maximum Gasteiger partial charge on any atom is 0.240 e. The van der Waals surface area contributed by atoms with Gasteiger partial charge in [0.05, 0.1) is 13.2 Å². The average molecular weight is 322 g/mol. The number of para-hydroxylation sites is 2. The molecule has 0 bridgehead atoms. The molecule has 0 fully saturated rings. The van der Waals surface area contributed by atoms with Gasteiger partial charge in [0.15, 0.2) is 0 Å². The van der Waals surface area contributed by atoms with Crippen molar-refractivity contribution in [2.24, 2.45) is 0 Å². The van der Waals surface area contributed by atoms with Gasteiger partial charge >= 0.3 is 0 Å². The van der Waals surface area contributed by atoms with Crippen molar-refractivity contribution in [3.8, 4) is 5.75 Å². The van der Waals surface area contributed by atoms with Gasteiger partial charge in [0, 0.05) is 30.3 Å². The van der Waals surface area contributed by atoms with Gasteiger partial charge in [-0.1, -0.05) is 36.4 Å². The Kier molecular flexibility index (Phi) is 4.22. The van der Waals surface area contributed by atoms with Crippen LogP contribution in [0.3, 0.4) is 0 Å². The summed E-state index contributed by atoms with van der Waals surface area (Å²) in [7, 11) is 0. The standard InChI is InChI=1S/C20H22N2O2/c23-20(22-12-5-7-15-6-1-3-9-18(15)22)14-21-17-11-13-24-19-10-4-2-8-16(17)19/h1-4,6,8-10,17,21H,5,7,11-14H2. The number of anilines is 1. The number of rotatable bonds is 3. The minimum atomic E-state index is 0.145. The number of fused-ring (bicyclic) bond motifs is 2. The molecule has 1 amide bonds. The molecule has 0 aromatic heterocycles. The molecule has 2 aliphatic rings. The zero-order valence-electron chi connectivity index (χ0n) is 13.7. The van der Waals surface area contributed by atoms with Crippen LogP contribution in [0.25, 0.3) is 0 Å². The first-order valence-corrected chi connectivity index (χ1v) is 8.66. The number of amides is 1. The van der Waals surface area contributed by atoms with E-state index in [9.17, 15) is 4.79 Å². The van der Waals surface area contributed by atoms with Crippen LogP contribution < -0.4 is 15.0 Å². The van der Waals surface area contributed by atoms with Gasteiger partial charge in [-0.15, -0.1) is 0 Å². The topological polar surface area (TPSA) is 41.6 Å². The summed E-state index contributed by atoms with van der Waals surface area (Å²) in [4.78, 5) is 14.7. The van der Waals surface area contributed by atoms with E-state index in [-0.39, 0.29) is 11.9 Å². The lowest BCUT2D eigenvalue weighted by molar-refractivity contribution is -0.118. The van der Waals surface area contributed by atoms with Crippen LogP contribution in [0.5, 0.6) is 5.75 Å². The van der Waals surface area contributed by atoms with Gasteiger partial charge in [0.2, 0.25) is 5.91 Å². The van der Waals surface area contributed by atoms with Crippen LogP contribution >= 0.6 is 0 Å². The van der Waals surface area contributed by atoms with Gasteiger partial charge in [0.1, 0.15) is 5.75 Å². The third-order valence-electron chi connectivity index (χ3n) is 4.87. The first-order valence-electron chi connectivity index (χ1n) is 8.66. The molecule has 0 saturated carbocycles. The molecular formula is C20H22N2O2. The molecule has 2 aromatic rings. The number of nitrogens with one attached hydrogen (secondary N) is 1. The van der Waals surface area contributed by atoms with Crippen LogP contribution in [-0.2, 0) is 11.2 Å². The number of benzene rings is 2. The maximum atomic E-state index is 12.7. The smallest absolute Gasteiger partial charge is 0.240 e. The molecule has 2 aromatic carbocycles. The molecular weight excluding hydrogens is 300 g/mol. The maximum absolute atomic E-state index is 12.7. The summed E-state index contributed by atoms with van der Waals surface area (Å²) in [5.74, 6) is 1.07. The van der Waals surface area contributed by atoms with Crippen LogP contribution in [0.4, 0.5) is 5.69 Å². The van der Waals surface area contributed by atoms with Crippen molar-refractivity contribution in [2.45, 2.75) is 25.3 Å². The predicted octanol–water partition coefficient (Wildman–Crippen LogP) is 3.08. The van der Waals surface area contributed by atoms with Crippen molar-refractivity contribution in [3.63, 3.8) is 0 Å². The average Bonchev–Trinajstić information content (AvgIpc) is 2.65. The van der Waals surface area contributed by atoms with E-state index in [1.54, 1.807) is 0 Å². The fraction of sp³-hybridized carbons (Fsp3) is 0.350. The van der Waals surface area contributed by atoms with Gasteiger partial charge in [-0.2, -0.15) is 0 Å². The van der Waals surface area contributed by atoms with E-state index in [2.05, 4.69) is 23.5 Å². The van der Waals surface area contributed by atoms with Crippen molar-refractivity contribution in [1.82, 2.24) is 5.32 Å². The molecule has 1 N–H and O–H groups in total. The molecule has 1 unspecified atom stereocenters.